The molecule has 0 atom stereocenters. The Morgan fingerprint density at radius 3 is 2.62 bits per heavy atom. The van der Waals surface area contributed by atoms with E-state index in [-0.39, 0.29) is 33.2 Å². The second kappa shape index (κ2) is 7.47. The quantitative estimate of drug-likeness (QED) is 0.485. The van der Waals surface area contributed by atoms with Crippen LogP contribution in [-0.2, 0) is 14.8 Å². The molecule has 0 fully saturated rings. The summed E-state index contributed by atoms with van der Waals surface area (Å²) >= 11 is 1.02. The lowest BCUT2D eigenvalue weighted by Crippen LogP contribution is -2.16. The Morgan fingerprint density at radius 2 is 2.04 bits per heavy atom. The van der Waals surface area contributed by atoms with Crippen molar-refractivity contribution in [2.45, 2.75) is 10.1 Å². The van der Waals surface area contributed by atoms with Gasteiger partial charge in [0.1, 0.15) is 0 Å². The molecule has 9 nitrogen and oxygen atoms in total. The molecule has 128 valence electrons. The van der Waals surface area contributed by atoms with Crippen molar-refractivity contribution in [2.24, 2.45) is 5.14 Å². The third kappa shape index (κ3) is 5.08. The molecule has 4 N–H and O–H groups in total. The summed E-state index contributed by atoms with van der Waals surface area (Å²) in [6, 6.07) is 6.62. The number of sulfonamides is 1. The Morgan fingerprint density at radius 1 is 1.38 bits per heavy atom. The van der Waals surface area contributed by atoms with Crippen molar-refractivity contribution in [3.8, 4) is 5.88 Å². The zero-order valence-corrected chi connectivity index (χ0v) is 14.1. The smallest absolute Gasteiger partial charge is 0.255 e. The number of nitrogens with two attached hydrogens (primary N) is 1. The molecule has 0 saturated heterocycles. The number of primary sulfonamides is 1. The number of carbonyl (C=O) groups is 1. The van der Waals surface area contributed by atoms with Crippen LogP contribution in [0.2, 0.25) is 0 Å². The van der Waals surface area contributed by atoms with Crippen LogP contribution in [0.3, 0.4) is 0 Å². The van der Waals surface area contributed by atoms with Gasteiger partial charge in [-0.05, 0) is 24.3 Å². The first-order chi connectivity index (χ1) is 11.3. The van der Waals surface area contributed by atoms with E-state index in [0.717, 1.165) is 11.8 Å². The number of nitrogens with zero attached hydrogens (tertiary/aromatic N) is 1. The van der Waals surface area contributed by atoms with Gasteiger partial charge in [-0.1, -0.05) is 11.8 Å². The van der Waals surface area contributed by atoms with E-state index in [1.54, 1.807) is 0 Å². The van der Waals surface area contributed by atoms with Crippen LogP contribution in [-0.4, -0.2) is 37.2 Å². The SMILES string of the molecule is COc1cc(=O)[nH]c(SCC(=O)Nc2ccc(S(N)(=O)=O)cc2)n1. The predicted molar refractivity (Wildman–Crippen MR) is 88.6 cm³/mol. The molecule has 0 spiro atoms. The number of carbonyl (C=O) groups excluding carboxylic acids is 1. The molecule has 1 aromatic carbocycles. The van der Waals surface area contributed by atoms with Crippen LogP contribution in [0.5, 0.6) is 5.88 Å². The predicted octanol–water partition coefficient (Wildman–Crippen LogP) is 0.157. The molecule has 2 aromatic rings. The molecule has 0 saturated carbocycles. The average molecular weight is 370 g/mol. The third-order valence-electron chi connectivity index (χ3n) is 2.71. The van der Waals surface area contributed by atoms with Crippen LogP contribution in [0.1, 0.15) is 0 Å². The molecular weight excluding hydrogens is 356 g/mol. The summed E-state index contributed by atoms with van der Waals surface area (Å²) in [5.74, 6) is -0.207. The van der Waals surface area contributed by atoms with E-state index in [1.807, 2.05) is 0 Å². The number of aromatic amines is 1. The molecule has 0 aliphatic heterocycles. The van der Waals surface area contributed by atoms with Gasteiger partial charge in [0.05, 0.1) is 23.8 Å². The fourth-order valence-electron chi connectivity index (χ4n) is 1.65. The van der Waals surface area contributed by atoms with Crippen LogP contribution in [0.4, 0.5) is 5.69 Å². The standard InChI is InChI=1S/C13H14N4O5S2/c1-22-12-6-10(18)16-13(17-12)23-7-11(19)15-8-2-4-9(5-3-8)24(14,20)21/h2-6H,7H2,1H3,(H,15,19)(H2,14,20,21)(H,16,17,18). The fraction of sp³-hybridized carbons (Fsp3) is 0.154. The minimum Gasteiger partial charge on any atom is -0.481 e. The molecule has 0 unspecified atom stereocenters. The van der Waals surface area contributed by atoms with Crippen molar-refractivity contribution in [2.75, 3.05) is 18.2 Å². The number of ether oxygens (including phenoxy) is 1. The maximum absolute atomic E-state index is 11.9. The van der Waals surface area contributed by atoms with Crippen molar-refractivity contribution in [1.29, 1.82) is 0 Å². The van der Waals surface area contributed by atoms with E-state index in [2.05, 4.69) is 15.3 Å². The van der Waals surface area contributed by atoms with Crippen molar-refractivity contribution in [3.63, 3.8) is 0 Å². The highest BCUT2D eigenvalue weighted by atomic mass is 32.2. The van der Waals surface area contributed by atoms with E-state index >= 15 is 0 Å². The summed E-state index contributed by atoms with van der Waals surface area (Å²) in [6.45, 7) is 0. The largest absolute Gasteiger partial charge is 0.481 e. The van der Waals surface area contributed by atoms with E-state index in [0.29, 0.717) is 5.69 Å². The number of methoxy groups -OCH3 is 1. The first-order valence-electron chi connectivity index (χ1n) is 6.49. The summed E-state index contributed by atoms with van der Waals surface area (Å²) in [7, 11) is -2.39. The number of H-pyrrole nitrogens is 1. The fourth-order valence-corrected chi connectivity index (χ4v) is 2.83. The van der Waals surface area contributed by atoms with Crippen molar-refractivity contribution in [1.82, 2.24) is 9.97 Å². The van der Waals surface area contributed by atoms with Crippen molar-refractivity contribution in [3.05, 3.63) is 40.7 Å². The normalized spacial score (nSPS) is 11.1. The van der Waals surface area contributed by atoms with Gasteiger partial charge in [-0.3, -0.25) is 9.59 Å². The van der Waals surface area contributed by atoms with Crippen LogP contribution < -0.4 is 20.8 Å². The number of hydrogen-bond acceptors (Lipinski definition) is 7. The third-order valence-corrected chi connectivity index (χ3v) is 4.51. The summed E-state index contributed by atoms with van der Waals surface area (Å²) in [6.07, 6.45) is 0. The Bertz CT molecular complexity index is 893. The van der Waals surface area contributed by atoms with E-state index < -0.39 is 10.0 Å². The summed E-state index contributed by atoms with van der Waals surface area (Å²) in [5.41, 5.74) is 0.0310. The van der Waals surface area contributed by atoms with Gasteiger partial charge in [0.25, 0.3) is 5.56 Å². The van der Waals surface area contributed by atoms with Crippen LogP contribution in [0, 0.1) is 0 Å². The minimum absolute atomic E-state index is 0.00690. The van der Waals surface area contributed by atoms with Gasteiger partial charge in [0.15, 0.2) is 5.16 Å². The van der Waals surface area contributed by atoms with Gasteiger partial charge in [0, 0.05) is 5.69 Å². The zero-order valence-electron chi connectivity index (χ0n) is 12.5. The van der Waals surface area contributed by atoms with Gasteiger partial charge >= 0.3 is 0 Å². The molecule has 2 rings (SSSR count). The van der Waals surface area contributed by atoms with Crippen LogP contribution in [0.25, 0.3) is 0 Å². The lowest BCUT2D eigenvalue weighted by Gasteiger charge is -2.06. The summed E-state index contributed by atoms with van der Waals surface area (Å²) in [4.78, 5) is 29.7. The second-order valence-electron chi connectivity index (χ2n) is 4.50. The number of thioether (sulfide) groups is 1. The molecule has 0 aliphatic carbocycles. The molecule has 1 heterocycles. The lowest BCUT2D eigenvalue weighted by molar-refractivity contribution is -0.113. The van der Waals surface area contributed by atoms with Crippen molar-refractivity contribution < 1.29 is 17.9 Å². The second-order valence-corrected chi connectivity index (χ2v) is 7.02. The first kappa shape index (κ1) is 18.0. The van der Waals surface area contributed by atoms with Crippen LogP contribution >= 0.6 is 11.8 Å². The monoisotopic (exact) mass is 370 g/mol. The van der Waals surface area contributed by atoms with Gasteiger partial charge in [-0.2, -0.15) is 4.98 Å². The molecule has 11 heteroatoms. The highest BCUT2D eigenvalue weighted by Gasteiger charge is 2.09. The maximum Gasteiger partial charge on any atom is 0.255 e. The highest BCUT2D eigenvalue weighted by molar-refractivity contribution is 7.99. The van der Waals surface area contributed by atoms with Gasteiger partial charge < -0.3 is 15.0 Å². The molecule has 0 aliphatic rings. The Hall–Kier alpha value is -2.37. The Kier molecular flexibility index (Phi) is 5.59. The van der Waals surface area contributed by atoms with Gasteiger partial charge in [-0.15, -0.1) is 0 Å². The number of hydrogen-bond donors (Lipinski definition) is 3. The van der Waals surface area contributed by atoms with E-state index in [9.17, 15) is 18.0 Å². The molecular formula is C13H14N4O5S2. The van der Waals surface area contributed by atoms with Crippen molar-refractivity contribution >= 4 is 33.4 Å². The van der Waals surface area contributed by atoms with Gasteiger partial charge in [-0.25, -0.2) is 13.6 Å². The number of benzene rings is 1. The lowest BCUT2D eigenvalue weighted by atomic mass is 10.3. The molecule has 1 amide bonds. The Labute approximate surface area is 141 Å². The molecule has 0 radical (unpaired) electrons. The average Bonchev–Trinajstić information content (AvgIpc) is 2.52. The highest BCUT2D eigenvalue weighted by Crippen LogP contribution is 2.16. The number of rotatable bonds is 6. The number of nitrogens with one attached hydrogen (secondary N) is 2. The zero-order chi connectivity index (χ0) is 17.7. The minimum atomic E-state index is -3.78. The number of aromatic nitrogens is 2. The van der Waals surface area contributed by atoms with E-state index in [4.69, 9.17) is 9.88 Å². The molecule has 1 aromatic heterocycles. The van der Waals surface area contributed by atoms with Crippen LogP contribution in [0.15, 0.2) is 45.2 Å². The topological polar surface area (TPSA) is 144 Å². The summed E-state index contributed by atoms with van der Waals surface area (Å²) < 4.78 is 27.2. The summed E-state index contributed by atoms with van der Waals surface area (Å²) in [5, 5.41) is 7.83. The maximum atomic E-state index is 11.9. The van der Waals surface area contributed by atoms with E-state index in [1.165, 1.54) is 37.4 Å². The molecule has 0 bridgehead atoms. The Balaban J connectivity index is 1.96. The molecule has 24 heavy (non-hydrogen) atoms. The number of anilines is 1. The van der Waals surface area contributed by atoms with Gasteiger partial charge in [0.2, 0.25) is 21.8 Å². The first-order valence-corrected chi connectivity index (χ1v) is 9.02. The number of amides is 1.